The molecule has 0 bridgehead atoms. The Labute approximate surface area is 200 Å². The van der Waals surface area contributed by atoms with E-state index in [1.54, 1.807) is 18.5 Å². The van der Waals surface area contributed by atoms with Gasteiger partial charge in [0, 0.05) is 5.56 Å². The van der Waals surface area contributed by atoms with E-state index in [2.05, 4.69) is 15.1 Å². The highest BCUT2D eigenvalue weighted by atomic mass is 19.1. The fourth-order valence-electron chi connectivity index (χ4n) is 4.06. The summed E-state index contributed by atoms with van der Waals surface area (Å²) >= 11 is 0. The quantitative estimate of drug-likeness (QED) is 0.323. The van der Waals surface area contributed by atoms with Crippen molar-refractivity contribution in [3.05, 3.63) is 108 Å². The molecule has 0 spiro atoms. The molecule has 35 heavy (non-hydrogen) atoms. The summed E-state index contributed by atoms with van der Waals surface area (Å²) in [6.07, 6.45) is 1.57. The van der Waals surface area contributed by atoms with Crippen LogP contribution in [-0.2, 0) is 24.5 Å². The van der Waals surface area contributed by atoms with Crippen LogP contribution in [0.25, 0.3) is 23.0 Å². The summed E-state index contributed by atoms with van der Waals surface area (Å²) in [7, 11) is 0. The number of imidazole rings is 1. The van der Waals surface area contributed by atoms with E-state index in [9.17, 15) is 4.39 Å². The van der Waals surface area contributed by atoms with Crippen LogP contribution < -0.4 is 4.74 Å². The van der Waals surface area contributed by atoms with Crippen LogP contribution in [0.1, 0.15) is 22.9 Å². The third kappa shape index (κ3) is 4.43. The van der Waals surface area contributed by atoms with Crippen LogP contribution in [0, 0.1) is 5.82 Å². The van der Waals surface area contributed by atoms with E-state index in [-0.39, 0.29) is 11.9 Å². The van der Waals surface area contributed by atoms with Gasteiger partial charge >= 0.3 is 0 Å². The van der Waals surface area contributed by atoms with Gasteiger partial charge in [0.2, 0.25) is 5.82 Å². The lowest BCUT2D eigenvalue weighted by atomic mass is 10.1. The molecule has 1 aliphatic rings. The molecule has 0 radical (unpaired) electrons. The molecule has 0 N–H and O–H groups in total. The first-order chi connectivity index (χ1) is 17.2. The molecule has 3 heterocycles. The molecule has 3 aromatic carbocycles. The average molecular weight is 468 g/mol. The molecular weight excluding hydrogens is 447 g/mol. The van der Waals surface area contributed by atoms with Crippen molar-refractivity contribution in [1.29, 1.82) is 0 Å². The van der Waals surface area contributed by atoms with Crippen molar-refractivity contribution in [2.45, 2.75) is 25.9 Å². The van der Waals surface area contributed by atoms with Crippen LogP contribution in [0.3, 0.4) is 0 Å². The fraction of sp³-hybridized carbons (Fsp3) is 0.148. The molecule has 0 amide bonds. The van der Waals surface area contributed by atoms with Gasteiger partial charge in [0.25, 0.3) is 5.89 Å². The van der Waals surface area contributed by atoms with E-state index in [0.29, 0.717) is 37.2 Å². The summed E-state index contributed by atoms with van der Waals surface area (Å²) < 4.78 is 32.6. The van der Waals surface area contributed by atoms with Crippen molar-refractivity contribution >= 4 is 0 Å². The first-order valence-corrected chi connectivity index (χ1v) is 11.3. The number of fused-ring (bicyclic) bond motifs is 1. The molecule has 0 unspecified atom stereocenters. The van der Waals surface area contributed by atoms with E-state index in [1.807, 2.05) is 59.2 Å². The first kappa shape index (κ1) is 21.2. The predicted octanol–water partition coefficient (Wildman–Crippen LogP) is 5.59. The molecule has 7 nitrogen and oxygen atoms in total. The second-order valence-corrected chi connectivity index (χ2v) is 8.27. The Morgan fingerprint density at radius 2 is 1.77 bits per heavy atom. The SMILES string of the molecule is Fc1ccc([C@@H]2Cn3cnc(-c4nc(-c5ccc(OCc6ccccc6)cc5)no4)c3CO2)cc1. The highest BCUT2D eigenvalue weighted by molar-refractivity contribution is 5.60. The van der Waals surface area contributed by atoms with Crippen molar-refractivity contribution in [2.24, 2.45) is 0 Å². The van der Waals surface area contributed by atoms with Gasteiger partial charge in [-0.3, -0.25) is 0 Å². The number of rotatable bonds is 6. The number of hydrogen-bond acceptors (Lipinski definition) is 6. The molecule has 1 aliphatic heterocycles. The molecule has 2 aromatic heterocycles. The van der Waals surface area contributed by atoms with Gasteiger partial charge in [-0.2, -0.15) is 4.98 Å². The maximum atomic E-state index is 13.2. The minimum atomic E-state index is -0.267. The summed E-state index contributed by atoms with van der Waals surface area (Å²) in [6.45, 7) is 1.41. The summed E-state index contributed by atoms with van der Waals surface area (Å²) in [6, 6.07) is 23.9. The van der Waals surface area contributed by atoms with Gasteiger partial charge < -0.3 is 18.6 Å². The highest BCUT2D eigenvalue weighted by Crippen LogP contribution is 2.32. The Morgan fingerprint density at radius 1 is 0.971 bits per heavy atom. The summed E-state index contributed by atoms with van der Waals surface area (Å²) in [4.78, 5) is 9.04. The van der Waals surface area contributed by atoms with Crippen molar-refractivity contribution in [2.75, 3.05) is 0 Å². The Hall–Kier alpha value is -4.30. The fourth-order valence-corrected chi connectivity index (χ4v) is 4.06. The van der Waals surface area contributed by atoms with E-state index in [1.165, 1.54) is 12.1 Å². The first-order valence-electron chi connectivity index (χ1n) is 11.3. The summed E-state index contributed by atoms with van der Waals surface area (Å²) in [5.41, 5.74) is 4.31. The average Bonchev–Trinajstić information content (AvgIpc) is 3.56. The Bertz CT molecular complexity index is 1430. The minimum absolute atomic E-state index is 0.175. The minimum Gasteiger partial charge on any atom is -0.489 e. The molecule has 8 heteroatoms. The Kier molecular flexibility index (Phi) is 5.56. The maximum absolute atomic E-state index is 13.2. The highest BCUT2D eigenvalue weighted by Gasteiger charge is 2.26. The van der Waals surface area contributed by atoms with Gasteiger partial charge in [-0.25, -0.2) is 9.37 Å². The van der Waals surface area contributed by atoms with Gasteiger partial charge in [-0.15, -0.1) is 0 Å². The van der Waals surface area contributed by atoms with Crippen molar-refractivity contribution in [1.82, 2.24) is 19.7 Å². The van der Waals surface area contributed by atoms with Crippen molar-refractivity contribution in [3.63, 3.8) is 0 Å². The molecule has 6 rings (SSSR count). The summed E-state index contributed by atoms with van der Waals surface area (Å²) in [5.74, 6) is 1.30. The van der Waals surface area contributed by atoms with Crippen molar-refractivity contribution < 1.29 is 18.4 Å². The van der Waals surface area contributed by atoms with Gasteiger partial charge in [-0.05, 0) is 47.5 Å². The van der Waals surface area contributed by atoms with Gasteiger partial charge in [-0.1, -0.05) is 47.6 Å². The molecule has 0 saturated carbocycles. The lowest BCUT2D eigenvalue weighted by Crippen LogP contribution is -2.20. The number of benzene rings is 3. The zero-order chi connectivity index (χ0) is 23.6. The lowest BCUT2D eigenvalue weighted by molar-refractivity contribution is 0.00326. The van der Waals surface area contributed by atoms with E-state index in [4.69, 9.17) is 14.0 Å². The molecule has 0 aliphatic carbocycles. The molecular formula is C27H21FN4O3. The van der Waals surface area contributed by atoms with E-state index >= 15 is 0 Å². The maximum Gasteiger partial charge on any atom is 0.278 e. The van der Waals surface area contributed by atoms with E-state index < -0.39 is 0 Å². The van der Waals surface area contributed by atoms with E-state index in [0.717, 1.165) is 28.1 Å². The Balaban J connectivity index is 1.15. The predicted molar refractivity (Wildman–Crippen MR) is 126 cm³/mol. The number of aromatic nitrogens is 4. The number of ether oxygens (including phenoxy) is 2. The van der Waals surface area contributed by atoms with Gasteiger partial charge in [0.15, 0.2) is 5.69 Å². The smallest absolute Gasteiger partial charge is 0.278 e. The van der Waals surface area contributed by atoms with Crippen LogP contribution in [0.5, 0.6) is 5.75 Å². The zero-order valence-corrected chi connectivity index (χ0v) is 18.7. The zero-order valence-electron chi connectivity index (χ0n) is 18.7. The lowest BCUT2D eigenvalue weighted by Gasteiger charge is -2.25. The van der Waals surface area contributed by atoms with Crippen LogP contribution in [-0.4, -0.2) is 19.7 Å². The second kappa shape index (κ2) is 9.15. The Morgan fingerprint density at radius 3 is 2.57 bits per heavy atom. The molecule has 0 saturated heterocycles. The largest absolute Gasteiger partial charge is 0.489 e. The number of halogens is 1. The standard InChI is InChI=1S/C27H21FN4O3/c28-21-10-6-19(7-11-21)24-14-32-17-29-25(23(32)16-34-24)27-30-26(31-35-27)20-8-12-22(13-9-20)33-15-18-4-2-1-3-5-18/h1-13,17,24H,14-16H2/t24-/m0/s1. The summed E-state index contributed by atoms with van der Waals surface area (Å²) in [5, 5.41) is 4.13. The number of hydrogen-bond donors (Lipinski definition) is 0. The van der Waals surface area contributed by atoms with Crippen LogP contribution in [0.4, 0.5) is 4.39 Å². The van der Waals surface area contributed by atoms with Gasteiger partial charge in [0.05, 0.1) is 25.2 Å². The normalized spacial score (nSPS) is 15.1. The monoisotopic (exact) mass is 468 g/mol. The molecule has 174 valence electrons. The number of nitrogens with zero attached hydrogens (tertiary/aromatic N) is 4. The molecule has 1 atom stereocenters. The molecule has 5 aromatic rings. The van der Waals surface area contributed by atoms with Gasteiger partial charge in [0.1, 0.15) is 24.3 Å². The van der Waals surface area contributed by atoms with Crippen molar-refractivity contribution in [3.8, 4) is 28.7 Å². The molecule has 0 fully saturated rings. The second-order valence-electron chi connectivity index (χ2n) is 8.27. The third-order valence-electron chi connectivity index (χ3n) is 5.96. The van der Waals surface area contributed by atoms with Crippen LogP contribution in [0.15, 0.2) is 89.7 Å². The van der Waals surface area contributed by atoms with Crippen LogP contribution in [0.2, 0.25) is 0 Å². The third-order valence-corrected chi connectivity index (χ3v) is 5.96. The topological polar surface area (TPSA) is 75.2 Å². The van der Waals surface area contributed by atoms with Crippen LogP contribution >= 0.6 is 0 Å².